The molecule has 1 aliphatic heterocycles. The van der Waals surface area contributed by atoms with Crippen LogP contribution in [0, 0.1) is 11.3 Å². The van der Waals surface area contributed by atoms with E-state index in [1.807, 2.05) is 54.6 Å². The molecule has 0 aromatic heterocycles. The fraction of sp³-hybridized carbons (Fsp3) is 0.231. The zero-order chi connectivity index (χ0) is 21.0. The van der Waals surface area contributed by atoms with Crippen LogP contribution in [0.1, 0.15) is 29.5 Å². The summed E-state index contributed by atoms with van der Waals surface area (Å²) in [6, 6.07) is 31.9. The first-order valence-electron chi connectivity index (χ1n) is 10.2. The number of methoxy groups -OCH3 is 1. The molecule has 1 aliphatic rings. The van der Waals surface area contributed by atoms with Crippen LogP contribution in [-0.4, -0.2) is 30.1 Å². The summed E-state index contributed by atoms with van der Waals surface area (Å²) in [5.41, 5.74) is 2.23. The van der Waals surface area contributed by atoms with Crippen LogP contribution in [0.25, 0.3) is 0 Å². The molecule has 4 rings (SSSR count). The highest BCUT2D eigenvalue weighted by Gasteiger charge is 2.53. The molecule has 0 radical (unpaired) electrons. The molecule has 0 N–H and O–H groups in total. The molecule has 4 nitrogen and oxygen atoms in total. The van der Waals surface area contributed by atoms with E-state index in [-0.39, 0.29) is 5.97 Å². The van der Waals surface area contributed by atoms with Crippen molar-refractivity contribution in [1.82, 2.24) is 4.90 Å². The van der Waals surface area contributed by atoms with E-state index in [0.29, 0.717) is 12.8 Å². The molecule has 0 amide bonds. The predicted molar refractivity (Wildman–Crippen MR) is 115 cm³/mol. The Morgan fingerprint density at radius 3 is 1.67 bits per heavy atom. The number of likely N-dealkylation sites (tertiary alicyclic amines) is 1. The summed E-state index contributed by atoms with van der Waals surface area (Å²) in [6.07, 6.45) is 1.20. The number of nitrogens with zero attached hydrogens (tertiary/aromatic N) is 2. The topological polar surface area (TPSA) is 53.3 Å². The van der Waals surface area contributed by atoms with Crippen molar-refractivity contribution < 1.29 is 9.53 Å². The van der Waals surface area contributed by atoms with Crippen molar-refractivity contribution in [2.75, 3.05) is 7.11 Å². The van der Waals surface area contributed by atoms with Gasteiger partial charge in [0, 0.05) is 0 Å². The summed E-state index contributed by atoms with van der Waals surface area (Å²) < 4.78 is 5.17. The van der Waals surface area contributed by atoms with Gasteiger partial charge in [-0.15, -0.1) is 0 Å². The lowest BCUT2D eigenvalue weighted by Gasteiger charge is -2.47. The number of nitriles is 1. The number of benzene rings is 3. The van der Waals surface area contributed by atoms with Gasteiger partial charge in [0.25, 0.3) is 0 Å². The van der Waals surface area contributed by atoms with Gasteiger partial charge in [0.15, 0.2) is 0 Å². The molecule has 0 unspecified atom stereocenters. The second kappa shape index (κ2) is 8.52. The zero-order valence-corrected chi connectivity index (χ0v) is 16.9. The lowest BCUT2D eigenvalue weighted by molar-refractivity contribution is -0.147. The fourth-order valence-corrected chi connectivity index (χ4v) is 4.76. The minimum Gasteiger partial charge on any atom is -0.468 e. The highest BCUT2D eigenvalue weighted by atomic mass is 16.5. The van der Waals surface area contributed by atoms with Gasteiger partial charge in [0.1, 0.15) is 6.04 Å². The first-order valence-corrected chi connectivity index (χ1v) is 10.2. The summed E-state index contributed by atoms with van der Waals surface area (Å²) in [5, 5.41) is 10.1. The van der Waals surface area contributed by atoms with Crippen LogP contribution in [0.2, 0.25) is 0 Å². The molecular weight excluding hydrogens is 372 g/mol. The molecule has 0 saturated carbocycles. The van der Waals surface area contributed by atoms with Crippen molar-refractivity contribution in [3.05, 3.63) is 108 Å². The van der Waals surface area contributed by atoms with E-state index in [1.54, 1.807) is 0 Å². The van der Waals surface area contributed by atoms with Crippen LogP contribution in [0.4, 0.5) is 0 Å². The van der Waals surface area contributed by atoms with Crippen molar-refractivity contribution in [2.45, 2.75) is 30.5 Å². The summed E-state index contributed by atoms with van der Waals surface area (Å²) in [7, 11) is 1.41. The van der Waals surface area contributed by atoms with Crippen LogP contribution in [0.5, 0.6) is 0 Å². The molecule has 0 aliphatic carbocycles. The van der Waals surface area contributed by atoms with Crippen molar-refractivity contribution >= 4 is 5.97 Å². The number of carbonyl (C=O) groups excluding carboxylic acids is 1. The monoisotopic (exact) mass is 396 g/mol. The van der Waals surface area contributed by atoms with Gasteiger partial charge >= 0.3 is 5.97 Å². The molecule has 1 fully saturated rings. The SMILES string of the molecule is COC(=O)[C@@H]1CC[C@H](C#N)N1C(c1ccccc1)(c1ccccc1)c1ccccc1. The molecule has 4 heteroatoms. The minimum absolute atomic E-state index is 0.306. The Labute approximate surface area is 177 Å². The molecule has 3 aromatic carbocycles. The third kappa shape index (κ3) is 3.18. The summed E-state index contributed by atoms with van der Waals surface area (Å²) in [4.78, 5) is 14.9. The molecular formula is C26H24N2O2. The van der Waals surface area contributed by atoms with Gasteiger partial charge in [-0.2, -0.15) is 5.26 Å². The van der Waals surface area contributed by atoms with Gasteiger partial charge < -0.3 is 4.74 Å². The Morgan fingerprint density at radius 1 is 0.867 bits per heavy atom. The van der Waals surface area contributed by atoms with E-state index in [2.05, 4.69) is 47.4 Å². The number of hydrogen-bond acceptors (Lipinski definition) is 4. The van der Waals surface area contributed by atoms with Crippen LogP contribution in [0.15, 0.2) is 91.0 Å². The van der Waals surface area contributed by atoms with Gasteiger partial charge in [0.2, 0.25) is 0 Å². The maximum Gasteiger partial charge on any atom is 0.323 e. The minimum atomic E-state index is -0.806. The highest BCUT2D eigenvalue weighted by molar-refractivity contribution is 5.77. The standard InChI is InChI=1S/C26H24N2O2/c1-30-25(29)24-18-17-23(19-27)28(24)26(20-11-5-2-6-12-20,21-13-7-3-8-14-21)22-15-9-4-10-16-22/h2-16,23-24H,17-18H2,1H3/t23-,24+/m1/s1. The molecule has 0 bridgehead atoms. The van der Waals surface area contributed by atoms with E-state index >= 15 is 0 Å². The van der Waals surface area contributed by atoms with Gasteiger partial charge in [-0.3, -0.25) is 9.69 Å². The predicted octanol–water partition coefficient (Wildman–Crippen LogP) is 4.51. The average Bonchev–Trinajstić information content (AvgIpc) is 3.26. The number of carbonyl (C=O) groups is 1. The molecule has 0 spiro atoms. The normalized spacial score (nSPS) is 19.2. The Bertz CT molecular complexity index is 932. The van der Waals surface area contributed by atoms with E-state index < -0.39 is 17.6 Å². The third-order valence-corrected chi connectivity index (χ3v) is 5.97. The van der Waals surface area contributed by atoms with E-state index in [9.17, 15) is 10.1 Å². The number of ether oxygens (including phenoxy) is 1. The molecule has 1 saturated heterocycles. The van der Waals surface area contributed by atoms with E-state index in [4.69, 9.17) is 4.74 Å². The zero-order valence-electron chi connectivity index (χ0n) is 16.9. The van der Waals surface area contributed by atoms with Crippen molar-refractivity contribution in [3.8, 4) is 6.07 Å². The second-order valence-electron chi connectivity index (χ2n) is 7.48. The number of esters is 1. The lowest BCUT2D eigenvalue weighted by Crippen LogP contribution is -2.55. The Morgan fingerprint density at radius 2 is 1.30 bits per heavy atom. The molecule has 150 valence electrons. The summed E-state index contributed by atoms with van der Waals surface area (Å²) >= 11 is 0. The van der Waals surface area contributed by atoms with Crippen molar-refractivity contribution in [1.29, 1.82) is 5.26 Å². The fourth-order valence-electron chi connectivity index (χ4n) is 4.76. The van der Waals surface area contributed by atoms with Crippen LogP contribution in [0.3, 0.4) is 0 Å². The summed E-state index contributed by atoms with van der Waals surface area (Å²) in [5.74, 6) is -0.306. The van der Waals surface area contributed by atoms with Crippen molar-refractivity contribution in [2.24, 2.45) is 0 Å². The highest BCUT2D eigenvalue weighted by Crippen LogP contribution is 2.48. The van der Waals surface area contributed by atoms with Crippen LogP contribution >= 0.6 is 0 Å². The number of hydrogen-bond donors (Lipinski definition) is 0. The Balaban J connectivity index is 2.09. The summed E-state index contributed by atoms with van der Waals surface area (Å²) in [6.45, 7) is 0. The first-order chi connectivity index (χ1) is 14.7. The molecule has 2 atom stereocenters. The Kier molecular flexibility index (Phi) is 5.65. The molecule has 1 heterocycles. The van der Waals surface area contributed by atoms with E-state index in [0.717, 1.165) is 16.7 Å². The van der Waals surface area contributed by atoms with Crippen LogP contribution < -0.4 is 0 Å². The average molecular weight is 396 g/mol. The first kappa shape index (κ1) is 19.9. The third-order valence-electron chi connectivity index (χ3n) is 5.97. The van der Waals surface area contributed by atoms with Gasteiger partial charge in [0.05, 0.1) is 24.8 Å². The maximum atomic E-state index is 12.9. The molecule has 3 aromatic rings. The quantitative estimate of drug-likeness (QED) is 0.470. The lowest BCUT2D eigenvalue weighted by atomic mass is 9.74. The van der Waals surface area contributed by atoms with Crippen LogP contribution in [-0.2, 0) is 15.1 Å². The van der Waals surface area contributed by atoms with Gasteiger partial charge in [-0.05, 0) is 29.5 Å². The smallest absolute Gasteiger partial charge is 0.323 e. The van der Waals surface area contributed by atoms with E-state index in [1.165, 1.54) is 7.11 Å². The number of rotatable bonds is 5. The van der Waals surface area contributed by atoms with Crippen molar-refractivity contribution in [3.63, 3.8) is 0 Å². The largest absolute Gasteiger partial charge is 0.468 e. The Hall–Kier alpha value is -3.42. The maximum absolute atomic E-state index is 12.9. The van der Waals surface area contributed by atoms with Gasteiger partial charge in [-0.1, -0.05) is 91.0 Å². The second-order valence-corrected chi connectivity index (χ2v) is 7.48. The van der Waals surface area contributed by atoms with Gasteiger partial charge in [-0.25, -0.2) is 0 Å². The molecule has 30 heavy (non-hydrogen) atoms.